The third-order valence-electron chi connectivity index (χ3n) is 2.01. The molecule has 0 amide bonds. The van der Waals surface area contributed by atoms with E-state index in [4.69, 9.17) is 4.42 Å². The van der Waals surface area contributed by atoms with Gasteiger partial charge in [-0.1, -0.05) is 0 Å². The van der Waals surface area contributed by atoms with Gasteiger partial charge in [-0.05, 0) is 40.2 Å². The van der Waals surface area contributed by atoms with Gasteiger partial charge in [0.15, 0.2) is 5.76 Å². The summed E-state index contributed by atoms with van der Waals surface area (Å²) in [6, 6.07) is 6.35. The molecule has 0 radical (unpaired) electrons. The van der Waals surface area contributed by atoms with Gasteiger partial charge in [-0.25, -0.2) is 4.79 Å². The molecule has 2 aromatic heterocycles. The number of carbonyl (C=O) groups is 2. The Bertz CT molecular complexity index is 570. The number of methoxy groups -OCH3 is 1. The summed E-state index contributed by atoms with van der Waals surface area (Å²) in [7, 11) is 1.25. The fourth-order valence-corrected chi connectivity index (χ4v) is 2.56. The Morgan fingerprint density at radius 2 is 1.94 bits per heavy atom. The second kappa shape index (κ2) is 4.85. The summed E-state index contributed by atoms with van der Waals surface area (Å²) in [4.78, 5) is 23.6. The topological polar surface area (TPSA) is 56.5 Å². The van der Waals surface area contributed by atoms with E-state index in [0.29, 0.717) is 4.88 Å². The fraction of sp³-hybridized carbons (Fsp3) is 0.0909. The standard InChI is InChI=1S/C11H7BrO4S/c1-15-11(14)7-3-2-6(16-7)10(13)8-4-5-9(12)17-8/h2-5H,1H3. The van der Waals surface area contributed by atoms with Crippen LogP contribution in [0.25, 0.3) is 0 Å². The molecule has 0 fully saturated rings. The van der Waals surface area contributed by atoms with E-state index in [1.165, 1.54) is 30.6 Å². The molecule has 0 aliphatic carbocycles. The number of furan rings is 1. The molecule has 2 aromatic rings. The van der Waals surface area contributed by atoms with Gasteiger partial charge in [0.2, 0.25) is 11.5 Å². The molecule has 6 heteroatoms. The highest BCUT2D eigenvalue weighted by atomic mass is 79.9. The Hall–Kier alpha value is -1.40. The highest BCUT2D eigenvalue weighted by molar-refractivity contribution is 9.11. The minimum atomic E-state index is -0.601. The molecule has 2 rings (SSSR count). The summed E-state index contributed by atoms with van der Waals surface area (Å²) >= 11 is 4.58. The minimum absolute atomic E-state index is 0.0199. The van der Waals surface area contributed by atoms with Crippen LogP contribution in [0.1, 0.15) is 26.0 Å². The second-order valence-corrected chi connectivity index (χ2v) is 5.55. The van der Waals surface area contributed by atoms with Gasteiger partial charge in [-0.2, -0.15) is 0 Å². The molecule has 17 heavy (non-hydrogen) atoms. The van der Waals surface area contributed by atoms with Crippen molar-refractivity contribution in [1.29, 1.82) is 0 Å². The van der Waals surface area contributed by atoms with Crippen molar-refractivity contribution in [3.05, 3.63) is 44.4 Å². The Kier molecular flexibility index (Phi) is 3.44. The van der Waals surface area contributed by atoms with Crippen molar-refractivity contribution >= 4 is 39.0 Å². The average molecular weight is 315 g/mol. The smallest absolute Gasteiger partial charge is 0.373 e. The number of ether oxygens (including phenoxy) is 1. The maximum Gasteiger partial charge on any atom is 0.373 e. The van der Waals surface area contributed by atoms with Gasteiger partial charge >= 0.3 is 5.97 Å². The van der Waals surface area contributed by atoms with Crippen LogP contribution in [0.4, 0.5) is 0 Å². The number of rotatable bonds is 3. The number of halogens is 1. The minimum Gasteiger partial charge on any atom is -0.463 e. The Morgan fingerprint density at radius 3 is 2.53 bits per heavy atom. The lowest BCUT2D eigenvalue weighted by Crippen LogP contribution is -1.99. The molecule has 0 N–H and O–H groups in total. The summed E-state index contributed by atoms with van der Waals surface area (Å²) < 4.78 is 10.5. The van der Waals surface area contributed by atoms with Crippen LogP contribution in [0.3, 0.4) is 0 Å². The third kappa shape index (κ3) is 2.48. The lowest BCUT2D eigenvalue weighted by molar-refractivity contribution is 0.0563. The molecular weight excluding hydrogens is 308 g/mol. The molecule has 0 spiro atoms. The van der Waals surface area contributed by atoms with Crippen LogP contribution in [-0.2, 0) is 4.74 Å². The van der Waals surface area contributed by atoms with Gasteiger partial charge < -0.3 is 9.15 Å². The predicted molar refractivity (Wildman–Crippen MR) is 65.5 cm³/mol. The molecule has 0 saturated heterocycles. The van der Waals surface area contributed by atoms with E-state index in [2.05, 4.69) is 20.7 Å². The second-order valence-electron chi connectivity index (χ2n) is 3.09. The zero-order valence-corrected chi connectivity index (χ0v) is 11.1. The Morgan fingerprint density at radius 1 is 1.24 bits per heavy atom. The van der Waals surface area contributed by atoms with Crippen molar-refractivity contribution in [3.8, 4) is 0 Å². The number of thiophene rings is 1. The van der Waals surface area contributed by atoms with Crippen LogP contribution in [0.5, 0.6) is 0 Å². The van der Waals surface area contributed by atoms with E-state index >= 15 is 0 Å². The molecule has 0 bridgehead atoms. The SMILES string of the molecule is COC(=O)c1ccc(C(=O)c2ccc(Br)s2)o1. The van der Waals surface area contributed by atoms with Crippen LogP contribution < -0.4 is 0 Å². The summed E-state index contributed by atoms with van der Waals surface area (Å²) in [5.74, 6) is -0.710. The summed E-state index contributed by atoms with van der Waals surface area (Å²) in [5.41, 5.74) is 0. The van der Waals surface area contributed by atoms with E-state index in [9.17, 15) is 9.59 Å². The quantitative estimate of drug-likeness (QED) is 0.645. The number of carbonyl (C=O) groups excluding carboxylic acids is 2. The zero-order valence-electron chi connectivity index (χ0n) is 8.73. The zero-order chi connectivity index (χ0) is 12.4. The van der Waals surface area contributed by atoms with Crippen LogP contribution in [0, 0.1) is 0 Å². The van der Waals surface area contributed by atoms with Gasteiger partial charge in [0, 0.05) is 0 Å². The average Bonchev–Trinajstić information content (AvgIpc) is 2.95. The summed E-state index contributed by atoms with van der Waals surface area (Å²) in [5, 5.41) is 0. The maximum absolute atomic E-state index is 11.9. The van der Waals surface area contributed by atoms with Gasteiger partial charge in [-0.3, -0.25) is 4.79 Å². The molecule has 0 saturated carbocycles. The van der Waals surface area contributed by atoms with Crippen molar-refractivity contribution in [2.45, 2.75) is 0 Å². The first-order valence-corrected chi connectivity index (χ1v) is 6.21. The number of hydrogen-bond acceptors (Lipinski definition) is 5. The maximum atomic E-state index is 11.9. The van der Waals surface area contributed by atoms with Crippen LogP contribution in [0.2, 0.25) is 0 Å². The first kappa shape index (κ1) is 12.1. The number of ketones is 1. The predicted octanol–water partition coefficient (Wildman–Crippen LogP) is 3.12. The largest absolute Gasteiger partial charge is 0.463 e. The fourth-order valence-electron chi connectivity index (χ4n) is 1.23. The molecular formula is C11H7BrO4S. The van der Waals surface area contributed by atoms with Gasteiger partial charge in [0.25, 0.3) is 0 Å². The first-order valence-electron chi connectivity index (χ1n) is 4.60. The van der Waals surface area contributed by atoms with E-state index in [1.807, 2.05) is 0 Å². The molecule has 4 nitrogen and oxygen atoms in total. The van der Waals surface area contributed by atoms with E-state index in [-0.39, 0.29) is 17.3 Å². The monoisotopic (exact) mass is 314 g/mol. The van der Waals surface area contributed by atoms with Crippen LogP contribution >= 0.6 is 27.3 Å². The first-order chi connectivity index (χ1) is 8.11. The van der Waals surface area contributed by atoms with E-state index in [1.54, 1.807) is 12.1 Å². The molecule has 0 aliphatic heterocycles. The van der Waals surface area contributed by atoms with Crippen molar-refractivity contribution in [1.82, 2.24) is 0 Å². The Balaban J connectivity index is 2.26. The lowest BCUT2D eigenvalue weighted by Gasteiger charge is -1.94. The third-order valence-corrected chi connectivity index (χ3v) is 3.64. The van der Waals surface area contributed by atoms with Gasteiger partial charge in [0.1, 0.15) is 0 Å². The van der Waals surface area contributed by atoms with Gasteiger partial charge in [0.05, 0.1) is 15.8 Å². The van der Waals surface area contributed by atoms with Crippen LogP contribution in [-0.4, -0.2) is 18.9 Å². The summed E-state index contributed by atoms with van der Waals surface area (Å²) in [6.07, 6.45) is 0. The highest BCUT2D eigenvalue weighted by Crippen LogP contribution is 2.25. The molecule has 0 unspecified atom stereocenters. The molecule has 0 aliphatic rings. The number of hydrogen-bond donors (Lipinski definition) is 0. The van der Waals surface area contributed by atoms with Gasteiger partial charge in [-0.15, -0.1) is 11.3 Å². The highest BCUT2D eigenvalue weighted by Gasteiger charge is 2.18. The van der Waals surface area contributed by atoms with Crippen molar-refractivity contribution in [3.63, 3.8) is 0 Å². The summed E-state index contributed by atoms with van der Waals surface area (Å²) in [6.45, 7) is 0. The normalized spacial score (nSPS) is 10.2. The van der Waals surface area contributed by atoms with E-state index in [0.717, 1.165) is 3.79 Å². The van der Waals surface area contributed by atoms with Crippen molar-refractivity contribution in [2.24, 2.45) is 0 Å². The molecule has 2 heterocycles. The van der Waals surface area contributed by atoms with Crippen molar-refractivity contribution < 1.29 is 18.7 Å². The van der Waals surface area contributed by atoms with E-state index < -0.39 is 5.97 Å². The van der Waals surface area contributed by atoms with Crippen molar-refractivity contribution in [2.75, 3.05) is 7.11 Å². The number of esters is 1. The molecule has 88 valence electrons. The molecule has 0 atom stereocenters. The molecule has 0 aromatic carbocycles. The van der Waals surface area contributed by atoms with Crippen LogP contribution in [0.15, 0.2) is 32.5 Å². The Labute approximate surface area is 109 Å². The lowest BCUT2D eigenvalue weighted by atomic mass is 10.2.